The number of alkyl halides is 1. The van der Waals surface area contributed by atoms with Gasteiger partial charge < -0.3 is 4.74 Å². The Kier molecular flexibility index (Phi) is 2.79. The van der Waals surface area contributed by atoms with Gasteiger partial charge in [0.1, 0.15) is 6.10 Å². The molecule has 62 valence electrons. The van der Waals surface area contributed by atoms with Gasteiger partial charge in [-0.3, -0.25) is 0 Å². The van der Waals surface area contributed by atoms with Crippen LogP contribution in [0.3, 0.4) is 0 Å². The molecule has 1 aliphatic heterocycles. The summed E-state index contributed by atoms with van der Waals surface area (Å²) in [6, 6.07) is 0. The van der Waals surface area contributed by atoms with Crippen molar-refractivity contribution in [2.75, 3.05) is 5.88 Å². The van der Waals surface area contributed by atoms with Gasteiger partial charge in [-0.15, -0.1) is 11.6 Å². The first kappa shape index (κ1) is 8.88. The molecule has 0 saturated carbocycles. The second-order valence-corrected chi connectivity index (χ2v) is 2.96. The second kappa shape index (κ2) is 3.46. The zero-order chi connectivity index (χ0) is 8.43. The van der Waals surface area contributed by atoms with Crippen LogP contribution in [-0.2, 0) is 9.53 Å². The minimum Gasteiger partial charge on any atom is -0.459 e. The summed E-state index contributed by atoms with van der Waals surface area (Å²) in [6.45, 7) is 1.80. The summed E-state index contributed by atoms with van der Waals surface area (Å²) in [5.74, 6) is -0.0364. The van der Waals surface area contributed by atoms with E-state index in [1.54, 1.807) is 6.92 Å². The van der Waals surface area contributed by atoms with Gasteiger partial charge in [0.2, 0.25) is 0 Å². The second-order valence-electron chi connectivity index (χ2n) is 2.44. The Morgan fingerprint density at radius 3 is 2.73 bits per heavy atom. The lowest BCUT2D eigenvalue weighted by atomic mass is 10.0. The Morgan fingerprint density at radius 2 is 2.36 bits per heavy atom. The van der Waals surface area contributed by atoms with Crippen molar-refractivity contribution in [3.8, 4) is 0 Å². The normalized spacial score (nSPS) is 34.5. The van der Waals surface area contributed by atoms with E-state index in [-0.39, 0.29) is 18.0 Å². The van der Waals surface area contributed by atoms with Gasteiger partial charge in [-0.1, -0.05) is 11.6 Å². The third-order valence-corrected chi connectivity index (χ3v) is 2.35. The summed E-state index contributed by atoms with van der Waals surface area (Å²) in [5, 5.41) is 0. The smallest absolute Gasteiger partial charge is 0.335 e. The number of halogens is 2. The largest absolute Gasteiger partial charge is 0.459 e. The van der Waals surface area contributed by atoms with Crippen LogP contribution in [0.15, 0.2) is 11.1 Å². The number of esters is 1. The molecule has 0 aliphatic carbocycles. The Morgan fingerprint density at radius 1 is 1.73 bits per heavy atom. The molecule has 0 amide bonds. The molecule has 0 N–H and O–H groups in total. The van der Waals surface area contributed by atoms with Gasteiger partial charge in [0.25, 0.3) is 0 Å². The summed E-state index contributed by atoms with van der Waals surface area (Å²) >= 11 is 11.0. The molecular weight excluding hydrogens is 187 g/mol. The fourth-order valence-corrected chi connectivity index (χ4v) is 1.73. The highest BCUT2D eigenvalue weighted by molar-refractivity contribution is 6.28. The predicted octanol–water partition coefficient (Wildman–Crippen LogP) is 1.91. The van der Waals surface area contributed by atoms with Crippen molar-refractivity contribution in [1.82, 2.24) is 0 Å². The summed E-state index contributed by atoms with van der Waals surface area (Å²) in [4.78, 5) is 11.0. The van der Waals surface area contributed by atoms with E-state index >= 15 is 0 Å². The van der Waals surface area contributed by atoms with Crippen molar-refractivity contribution in [3.05, 3.63) is 11.1 Å². The first-order valence-electron chi connectivity index (χ1n) is 3.28. The first-order chi connectivity index (χ1) is 5.20. The van der Waals surface area contributed by atoms with Crippen molar-refractivity contribution < 1.29 is 9.53 Å². The highest BCUT2D eigenvalue weighted by Crippen LogP contribution is 2.28. The van der Waals surface area contributed by atoms with Gasteiger partial charge in [-0.05, 0) is 6.92 Å². The van der Waals surface area contributed by atoms with Crippen LogP contribution >= 0.6 is 23.2 Å². The molecule has 1 heterocycles. The number of carbonyl (C=O) groups is 1. The summed E-state index contributed by atoms with van der Waals surface area (Å²) < 4.78 is 4.89. The molecule has 2 atom stereocenters. The van der Waals surface area contributed by atoms with Crippen LogP contribution in [0, 0.1) is 5.92 Å². The first-order valence-corrected chi connectivity index (χ1v) is 4.25. The van der Waals surface area contributed by atoms with Gasteiger partial charge in [0, 0.05) is 17.3 Å². The average molecular weight is 195 g/mol. The van der Waals surface area contributed by atoms with Crippen LogP contribution in [-0.4, -0.2) is 18.0 Å². The Hall–Kier alpha value is -0.210. The maximum Gasteiger partial charge on any atom is 0.335 e. The monoisotopic (exact) mass is 194 g/mol. The standard InChI is InChI=1S/C7H8Cl2O2/c1-4-5(2-8)6(3-9)7(10)11-4/h3-5H,2H2,1H3/b6-3-/t4-,5-/m0/s1. The quantitative estimate of drug-likeness (QED) is 0.363. The van der Waals surface area contributed by atoms with Gasteiger partial charge >= 0.3 is 5.97 Å². The maximum absolute atomic E-state index is 11.0. The van der Waals surface area contributed by atoms with Gasteiger partial charge in [0.05, 0.1) is 5.57 Å². The molecule has 1 fully saturated rings. The highest BCUT2D eigenvalue weighted by atomic mass is 35.5. The molecule has 0 radical (unpaired) electrons. The van der Waals surface area contributed by atoms with Gasteiger partial charge in [-0.25, -0.2) is 4.79 Å². The summed E-state index contributed by atoms with van der Waals surface area (Å²) in [5.41, 5.74) is 1.73. The van der Waals surface area contributed by atoms with Gasteiger partial charge in [-0.2, -0.15) is 0 Å². The van der Waals surface area contributed by atoms with Crippen LogP contribution in [0.5, 0.6) is 0 Å². The van der Waals surface area contributed by atoms with E-state index in [9.17, 15) is 4.79 Å². The van der Waals surface area contributed by atoms with Crippen LogP contribution in [0.25, 0.3) is 0 Å². The molecule has 0 unspecified atom stereocenters. The number of hydrogen-bond donors (Lipinski definition) is 0. The topological polar surface area (TPSA) is 26.3 Å². The lowest BCUT2D eigenvalue weighted by Gasteiger charge is -2.07. The number of hydrogen-bond acceptors (Lipinski definition) is 2. The van der Waals surface area contributed by atoms with Gasteiger partial charge in [0.15, 0.2) is 0 Å². The van der Waals surface area contributed by atoms with E-state index in [1.807, 2.05) is 0 Å². The maximum atomic E-state index is 11.0. The highest BCUT2D eigenvalue weighted by Gasteiger charge is 2.35. The third kappa shape index (κ3) is 1.52. The molecule has 1 rings (SSSR count). The molecule has 2 nitrogen and oxygen atoms in total. The van der Waals surface area contributed by atoms with E-state index in [2.05, 4.69) is 0 Å². The molecule has 1 aliphatic rings. The molecule has 0 aromatic carbocycles. The third-order valence-electron chi connectivity index (χ3n) is 1.78. The SMILES string of the molecule is C[C@@H]1OC(=O)/C(=C\Cl)[C@H]1CCl. The fourth-order valence-electron chi connectivity index (χ4n) is 1.06. The number of rotatable bonds is 1. The van der Waals surface area contributed by atoms with Crippen molar-refractivity contribution in [2.24, 2.45) is 5.92 Å². The number of cyclic esters (lactones) is 1. The molecule has 0 aromatic rings. The molecule has 4 heteroatoms. The van der Waals surface area contributed by atoms with E-state index in [0.717, 1.165) is 0 Å². The molecule has 11 heavy (non-hydrogen) atoms. The lowest BCUT2D eigenvalue weighted by molar-refractivity contribution is -0.138. The van der Waals surface area contributed by atoms with Crippen LogP contribution in [0.1, 0.15) is 6.92 Å². The lowest BCUT2D eigenvalue weighted by Crippen LogP contribution is -2.13. The zero-order valence-electron chi connectivity index (χ0n) is 6.01. The van der Waals surface area contributed by atoms with E-state index in [4.69, 9.17) is 27.9 Å². The summed E-state index contributed by atoms with van der Waals surface area (Å²) in [6.07, 6.45) is -0.148. The van der Waals surface area contributed by atoms with Crippen molar-refractivity contribution >= 4 is 29.2 Å². The average Bonchev–Trinajstić information content (AvgIpc) is 2.24. The molecule has 0 bridgehead atoms. The van der Waals surface area contributed by atoms with Crippen LogP contribution < -0.4 is 0 Å². The zero-order valence-corrected chi connectivity index (χ0v) is 7.52. The van der Waals surface area contributed by atoms with Crippen molar-refractivity contribution in [1.29, 1.82) is 0 Å². The molecule has 1 saturated heterocycles. The van der Waals surface area contributed by atoms with E-state index < -0.39 is 0 Å². The summed E-state index contributed by atoms with van der Waals surface area (Å²) in [7, 11) is 0. The minimum atomic E-state index is -0.349. The number of ether oxygens (including phenoxy) is 1. The minimum absolute atomic E-state index is 0.0540. The van der Waals surface area contributed by atoms with Crippen molar-refractivity contribution in [3.63, 3.8) is 0 Å². The Bertz CT molecular complexity index is 201. The van der Waals surface area contributed by atoms with E-state index in [1.165, 1.54) is 5.54 Å². The number of carbonyl (C=O) groups excluding carboxylic acids is 1. The van der Waals surface area contributed by atoms with Crippen LogP contribution in [0.2, 0.25) is 0 Å². The Balaban J connectivity index is 2.84. The molecule has 0 aromatic heterocycles. The predicted molar refractivity (Wildman–Crippen MR) is 43.7 cm³/mol. The Labute approximate surface area is 75.1 Å². The van der Waals surface area contributed by atoms with E-state index in [0.29, 0.717) is 11.5 Å². The van der Waals surface area contributed by atoms with Crippen LogP contribution in [0.4, 0.5) is 0 Å². The molecule has 0 spiro atoms. The van der Waals surface area contributed by atoms with Crippen molar-refractivity contribution in [2.45, 2.75) is 13.0 Å². The molecular formula is C7H8Cl2O2. The fraction of sp³-hybridized carbons (Fsp3) is 0.571.